The molecule has 34 heavy (non-hydrogen) atoms. The number of amides is 1. The Kier molecular flexibility index (Phi) is 6.78. The predicted octanol–water partition coefficient (Wildman–Crippen LogP) is 2.88. The van der Waals surface area contributed by atoms with Crippen molar-refractivity contribution in [2.45, 2.75) is 45.3 Å². The predicted molar refractivity (Wildman–Crippen MR) is 131 cm³/mol. The molecule has 2 fully saturated rings. The lowest BCUT2D eigenvalue weighted by molar-refractivity contribution is 0.0633. The fraction of sp³-hybridized carbons (Fsp3) is 0.500. The third kappa shape index (κ3) is 4.65. The first-order chi connectivity index (χ1) is 16.6. The number of ether oxygens (including phenoxy) is 1. The number of hydrogen-bond acceptors (Lipinski definition) is 5. The van der Waals surface area contributed by atoms with Crippen molar-refractivity contribution in [3.8, 4) is 16.9 Å². The number of piperazine rings is 1. The SMILES string of the molecule is CCCCN1CCN(C(=O)c2cn(C[C@@H]3CCCO3)cc3c(=O)n(-c4ccccc4)nc2-3)CC1. The molecule has 1 atom stereocenters. The zero-order chi connectivity index (χ0) is 23.5. The summed E-state index contributed by atoms with van der Waals surface area (Å²) in [6.45, 7) is 7.80. The quantitative estimate of drug-likeness (QED) is 0.539. The van der Waals surface area contributed by atoms with Crippen LogP contribution in [-0.4, -0.2) is 75.5 Å². The van der Waals surface area contributed by atoms with Gasteiger partial charge in [0.2, 0.25) is 0 Å². The van der Waals surface area contributed by atoms with Gasteiger partial charge in [0.1, 0.15) is 5.69 Å². The summed E-state index contributed by atoms with van der Waals surface area (Å²) < 4.78 is 9.16. The van der Waals surface area contributed by atoms with E-state index in [2.05, 4.69) is 16.9 Å². The summed E-state index contributed by atoms with van der Waals surface area (Å²) in [5, 5.41) is 4.63. The molecule has 2 saturated heterocycles. The normalized spacial score (nSPS) is 19.2. The lowest BCUT2D eigenvalue weighted by atomic mass is 10.1. The number of para-hydroxylation sites is 1. The highest BCUT2D eigenvalue weighted by Crippen LogP contribution is 2.25. The minimum atomic E-state index is -0.207. The summed E-state index contributed by atoms with van der Waals surface area (Å²) in [6.07, 6.45) is 8.17. The lowest BCUT2D eigenvalue weighted by Crippen LogP contribution is -2.49. The number of carbonyl (C=O) groups excluding carboxylic acids is 1. The van der Waals surface area contributed by atoms with Crippen LogP contribution in [0.15, 0.2) is 47.5 Å². The molecule has 180 valence electrons. The number of aromatic nitrogens is 3. The van der Waals surface area contributed by atoms with E-state index in [4.69, 9.17) is 4.74 Å². The van der Waals surface area contributed by atoms with Gasteiger partial charge in [0.15, 0.2) is 0 Å². The molecule has 0 aliphatic carbocycles. The molecular formula is C26H33N5O3. The summed E-state index contributed by atoms with van der Waals surface area (Å²) in [6, 6.07) is 9.36. The number of hydrogen-bond donors (Lipinski definition) is 0. The van der Waals surface area contributed by atoms with Gasteiger partial charge in [-0.25, -0.2) is 0 Å². The van der Waals surface area contributed by atoms with Crippen LogP contribution in [0.5, 0.6) is 0 Å². The summed E-state index contributed by atoms with van der Waals surface area (Å²) in [5.74, 6) is -0.0560. The Balaban J connectivity index is 1.48. The molecule has 0 radical (unpaired) electrons. The van der Waals surface area contributed by atoms with Crippen LogP contribution < -0.4 is 5.56 Å². The fourth-order valence-corrected chi connectivity index (χ4v) is 4.92. The first-order valence-electron chi connectivity index (χ1n) is 12.5. The molecule has 0 bridgehead atoms. The molecule has 1 aromatic rings. The maximum absolute atomic E-state index is 13.7. The maximum atomic E-state index is 13.7. The topological polar surface area (TPSA) is 72.6 Å². The van der Waals surface area contributed by atoms with Gasteiger partial charge in [0.25, 0.3) is 11.5 Å². The highest BCUT2D eigenvalue weighted by atomic mass is 16.5. The fourth-order valence-electron chi connectivity index (χ4n) is 4.92. The van der Waals surface area contributed by atoms with E-state index >= 15 is 0 Å². The Morgan fingerprint density at radius 3 is 2.62 bits per heavy atom. The molecule has 8 heteroatoms. The highest BCUT2D eigenvalue weighted by Gasteiger charge is 2.29. The van der Waals surface area contributed by atoms with Crippen molar-refractivity contribution >= 4 is 5.91 Å². The van der Waals surface area contributed by atoms with Crippen LogP contribution in [-0.2, 0) is 11.3 Å². The van der Waals surface area contributed by atoms with Gasteiger partial charge < -0.3 is 14.2 Å². The number of fused-ring (bicyclic) bond motifs is 1. The van der Waals surface area contributed by atoms with Gasteiger partial charge in [-0.05, 0) is 37.9 Å². The molecule has 0 spiro atoms. The third-order valence-electron chi connectivity index (χ3n) is 6.88. The van der Waals surface area contributed by atoms with Gasteiger partial charge in [0, 0.05) is 51.7 Å². The second kappa shape index (κ2) is 10.1. The molecule has 1 amide bonds. The monoisotopic (exact) mass is 463 g/mol. The zero-order valence-electron chi connectivity index (χ0n) is 19.9. The van der Waals surface area contributed by atoms with Crippen LogP contribution in [0.1, 0.15) is 43.0 Å². The van der Waals surface area contributed by atoms with E-state index in [1.165, 1.54) is 17.5 Å². The molecule has 0 N–H and O–H groups in total. The van der Waals surface area contributed by atoms with Crippen molar-refractivity contribution in [1.29, 1.82) is 0 Å². The van der Waals surface area contributed by atoms with Gasteiger partial charge in [-0.2, -0.15) is 9.78 Å². The van der Waals surface area contributed by atoms with E-state index < -0.39 is 0 Å². The first kappa shape index (κ1) is 22.8. The van der Waals surface area contributed by atoms with Crippen molar-refractivity contribution in [2.75, 3.05) is 39.3 Å². The van der Waals surface area contributed by atoms with E-state index in [1.807, 2.05) is 52.2 Å². The number of nitrogens with zero attached hydrogens (tertiary/aromatic N) is 5. The van der Waals surface area contributed by atoms with Crippen LogP contribution in [0.3, 0.4) is 0 Å². The van der Waals surface area contributed by atoms with Crippen molar-refractivity contribution in [1.82, 2.24) is 24.1 Å². The summed E-state index contributed by atoms with van der Waals surface area (Å²) in [7, 11) is 0. The highest BCUT2D eigenvalue weighted by molar-refractivity contribution is 6.00. The number of rotatable bonds is 7. The molecule has 0 aromatic heterocycles. The van der Waals surface area contributed by atoms with Crippen LogP contribution >= 0.6 is 0 Å². The average molecular weight is 464 g/mol. The second-order valence-electron chi connectivity index (χ2n) is 9.31. The van der Waals surface area contributed by atoms with Crippen molar-refractivity contribution in [3.63, 3.8) is 0 Å². The Morgan fingerprint density at radius 2 is 1.91 bits per heavy atom. The van der Waals surface area contributed by atoms with Gasteiger partial charge in [-0.1, -0.05) is 31.5 Å². The summed E-state index contributed by atoms with van der Waals surface area (Å²) in [5.41, 5.74) is 1.91. The summed E-state index contributed by atoms with van der Waals surface area (Å²) >= 11 is 0. The second-order valence-corrected chi connectivity index (χ2v) is 9.31. The largest absolute Gasteiger partial charge is 0.376 e. The van der Waals surface area contributed by atoms with Crippen LogP contribution in [0.4, 0.5) is 0 Å². The van der Waals surface area contributed by atoms with Gasteiger partial charge in [-0.15, -0.1) is 0 Å². The summed E-state index contributed by atoms with van der Waals surface area (Å²) in [4.78, 5) is 31.4. The van der Waals surface area contributed by atoms with E-state index in [1.54, 1.807) is 0 Å². The Labute approximate surface area is 200 Å². The van der Waals surface area contributed by atoms with Crippen molar-refractivity contribution in [2.24, 2.45) is 0 Å². The Morgan fingerprint density at radius 1 is 1.12 bits per heavy atom. The molecule has 0 saturated carbocycles. The smallest absolute Gasteiger partial charge is 0.282 e. The molecule has 0 unspecified atom stereocenters. The number of carbonyl (C=O) groups is 1. The molecule has 4 heterocycles. The minimum Gasteiger partial charge on any atom is -0.376 e. The Bertz CT molecular complexity index is 1140. The first-order valence-corrected chi connectivity index (χ1v) is 12.5. The van der Waals surface area contributed by atoms with Gasteiger partial charge in [-0.3, -0.25) is 14.5 Å². The van der Waals surface area contributed by atoms with E-state index in [0.717, 1.165) is 39.1 Å². The van der Waals surface area contributed by atoms with Gasteiger partial charge >= 0.3 is 0 Å². The molecule has 4 aliphatic heterocycles. The van der Waals surface area contributed by atoms with Crippen molar-refractivity contribution < 1.29 is 9.53 Å². The average Bonchev–Trinajstić information content (AvgIpc) is 3.51. The van der Waals surface area contributed by atoms with E-state index in [0.29, 0.717) is 42.1 Å². The molecule has 4 aliphatic rings. The van der Waals surface area contributed by atoms with Crippen LogP contribution in [0.25, 0.3) is 16.9 Å². The molecular weight excluding hydrogens is 430 g/mol. The standard InChI is InChI=1S/C26H33N5O3/c1-2-3-11-28-12-14-30(15-13-28)25(32)22-18-29(17-21-10-7-16-34-21)19-23-24(22)27-31(26(23)33)20-8-5-4-6-9-20/h4-6,8-9,18-19,21H,2-3,7,10-17H2,1H3/t21-/m0/s1. The van der Waals surface area contributed by atoms with E-state index in [9.17, 15) is 9.59 Å². The number of pyridine rings is 1. The number of benzene rings is 1. The van der Waals surface area contributed by atoms with Crippen LogP contribution in [0, 0.1) is 0 Å². The van der Waals surface area contributed by atoms with E-state index in [-0.39, 0.29) is 17.6 Å². The Hall–Kier alpha value is -2.97. The molecule has 1 aromatic carbocycles. The molecule has 8 nitrogen and oxygen atoms in total. The number of unbranched alkanes of at least 4 members (excludes halogenated alkanes) is 1. The molecule has 5 rings (SSSR count). The van der Waals surface area contributed by atoms with Crippen molar-refractivity contribution in [3.05, 3.63) is 58.6 Å². The lowest BCUT2D eigenvalue weighted by Gasteiger charge is -2.35. The van der Waals surface area contributed by atoms with Gasteiger partial charge in [0.05, 0.1) is 22.9 Å². The minimum absolute atomic E-state index is 0.0560. The van der Waals surface area contributed by atoms with Crippen LogP contribution in [0.2, 0.25) is 0 Å². The maximum Gasteiger partial charge on any atom is 0.282 e. The third-order valence-corrected chi connectivity index (χ3v) is 6.88. The zero-order valence-corrected chi connectivity index (χ0v) is 19.9.